The smallest absolute Gasteiger partial charge is 0.410 e. The van der Waals surface area contributed by atoms with E-state index in [0.29, 0.717) is 13.0 Å². The summed E-state index contributed by atoms with van der Waals surface area (Å²) in [6, 6.07) is 0. The number of aliphatic hydroxyl groups is 1. The van der Waals surface area contributed by atoms with Crippen LogP contribution in [0.3, 0.4) is 0 Å². The molecule has 1 saturated heterocycles. The highest BCUT2D eigenvalue weighted by Gasteiger charge is 2.35. The molecule has 0 radical (unpaired) electrons. The first-order chi connectivity index (χ1) is 7.26. The lowest BCUT2D eigenvalue weighted by atomic mass is 9.93. The van der Waals surface area contributed by atoms with Crippen LogP contribution < -0.4 is 5.73 Å². The largest absolute Gasteiger partial charge is 0.444 e. The summed E-state index contributed by atoms with van der Waals surface area (Å²) >= 11 is 0. The molecule has 0 saturated carbocycles. The molecule has 0 bridgehead atoms. The summed E-state index contributed by atoms with van der Waals surface area (Å²) in [7, 11) is 0. The third kappa shape index (κ3) is 3.64. The van der Waals surface area contributed by atoms with Crippen LogP contribution in [-0.2, 0) is 4.74 Å². The Morgan fingerprint density at radius 2 is 2.19 bits per heavy atom. The molecule has 1 amide bonds. The van der Waals surface area contributed by atoms with E-state index >= 15 is 0 Å². The molecule has 0 aromatic carbocycles. The van der Waals surface area contributed by atoms with E-state index in [0.717, 1.165) is 6.42 Å². The molecule has 0 unspecified atom stereocenters. The van der Waals surface area contributed by atoms with Gasteiger partial charge in [0, 0.05) is 13.1 Å². The summed E-state index contributed by atoms with van der Waals surface area (Å²) in [6.07, 6.45) is 1.02. The zero-order chi connectivity index (χ0) is 12.4. The van der Waals surface area contributed by atoms with Crippen LogP contribution in [0.25, 0.3) is 0 Å². The second kappa shape index (κ2) is 4.59. The maximum absolute atomic E-state index is 11.8. The summed E-state index contributed by atoms with van der Waals surface area (Å²) in [6.45, 7) is 6.53. The van der Waals surface area contributed by atoms with Gasteiger partial charge in [0.1, 0.15) is 5.60 Å². The van der Waals surface area contributed by atoms with Crippen LogP contribution in [-0.4, -0.2) is 46.9 Å². The Bertz CT molecular complexity index is 262. The minimum absolute atomic E-state index is 0.173. The van der Waals surface area contributed by atoms with Gasteiger partial charge in [0.25, 0.3) is 0 Å². The molecule has 0 aromatic rings. The highest BCUT2D eigenvalue weighted by molar-refractivity contribution is 5.68. The van der Waals surface area contributed by atoms with Gasteiger partial charge in [-0.25, -0.2) is 4.79 Å². The molecule has 1 fully saturated rings. The lowest BCUT2D eigenvalue weighted by molar-refractivity contribution is -0.0376. The number of carbonyl (C=O) groups is 1. The van der Waals surface area contributed by atoms with Crippen molar-refractivity contribution in [2.24, 2.45) is 5.73 Å². The predicted molar refractivity (Wildman–Crippen MR) is 61.0 cm³/mol. The standard InChI is InChI=1S/C11H22N2O3/c1-10(2,3)16-9(14)13-6-4-5-11(15,7-12)8-13/h15H,4-8,12H2,1-3H3/t11-/m0/s1. The van der Waals surface area contributed by atoms with E-state index in [1.807, 2.05) is 20.8 Å². The minimum atomic E-state index is -0.949. The van der Waals surface area contributed by atoms with Crippen LogP contribution in [0, 0.1) is 0 Å². The van der Waals surface area contributed by atoms with Gasteiger partial charge in [0.05, 0.1) is 12.1 Å². The number of β-amino-alcohol motifs (C(OH)–C–C–N with tert-alkyl or cyclic N) is 1. The summed E-state index contributed by atoms with van der Waals surface area (Å²) in [5.74, 6) is 0. The topological polar surface area (TPSA) is 75.8 Å². The molecule has 3 N–H and O–H groups in total. The first-order valence-electron chi connectivity index (χ1n) is 5.66. The van der Waals surface area contributed by atoms with E-state index in [2.05, 4.69) is 0 Å². The summed E-state index contributed by atoms with van der Waals surface area (Å²) in [4.78, 5) is 13.3. The number of ether oxygens (including phenoxy) is 1. The molecular formula is C11H22N2O3. The Labute approximate surface area is 96.6 Å². The molecular weight excluding hydrogens is 208 g/mol. The molecule has 0 spiro atoms. The van der Waals surface area contributed by atoms with E-state index < -0.39 is 11.2 Å². The van der Waals surface area contributed by atoms with Crippen molar-refractivity contribution in [3.05, 3.63) is 0 Å². The van der Waals surface area contributed by atoms with Crippen LogP contribution in [0.4, 0.5) is 4.79 Å². The van der Waals surface area contributed by atoms with Crippen molar-refractivity contribution in [2.45, 2.75) is 44.8 Å². The normalized spacial score (nSPS) is 26.7. The summed E-state index contributed by atoms with van der Waals surface area (Å²) < 4.78 is 5.25. The predicted octanol–water partition coefficient (Wildman–Crippen LogP) is 0.707. The van der Waals surface area contributed by atoms with Crippen molar-refractivity contribution in [3.63, 3.8) is 0 Å². The molecule has 94 valence electrons. The Morgan fingerprint density at radius 3 is 2.69 bits per heavy atom. The zero-order valence-corrected chi connectivity index (χ0v) is 10.3. The van der Waals surface area contributed by atoms with E-state index in [9.17, 15) is 9.90 Å². The van der Waals surface area contributed by atoms with Gasteiger partial charge in [-0.05, 0) is 33.6 Å². The van der Waals surface area contributed by atoms with Crippen molar-refractivity contribution in [3.8, 4) is 0 Å². The molecule has 0 aromatic heterocycles. The highest BCUT2D eigenvalue weighted by atomic mass is 16.6. The van der Waals surface area contributed by atoms with Gasteiger partial charge < -0.3 is 20.5 Å². The maximum Gasteiger partial charge on any atom is 0.410 e. The minimum Gasteiger partial charge on any atom is -0.444 e. The van der Waals surface area contributed by atoms with Crippen LogP contribution in [0.1, 0.15) is 33.6 Å². The van der Waals surface area contributed by atoms with Gasteiger partial charge in [-0.2, -0.15) is 0 Å². The Morgan fingerprint density at radius 1 is 1.56 bits per heavy atom. The van der Waals surface area contributed by atoms with Gasteiger partial charge >= 0.3 is 6.09 Å². The van der Waals surface area contributed by atoms with Gasteiger partial charge in [-0.1, -0.05) is 0 Å². The molecule has 5 heteroatoms. The van der Waals surface area contributed by atoms with Crippen LogP contribution in [0.5, 0.6) is 0 Å². The van der Waals surface area contributed by atoms with Gasteiger partial charge in [0.2, 0.25) is 0 Å². The molecule has 1 rings (SSSR count). The monoisotopic (exact) mass is 230 g/mol. The lowest BCUT2D eigenvalue weighted by Gasteiger charge is -2.38. The fraction of sp³-hybridized carbons (Fsp3) is 0.909. The van der Waals surface area contributed by atoms with E-state index in [1.165, 1.54) is 4.90 Å². The first-order valence-corrected chi connectivity index (χ1v) is 5.66. The molecule has 1 aliphatic rings. The zero-order valence-electron chi connectivity index (χ0n) is 10.3. The third-order valence-electron chi connectivity index (χ3n) is 2.59. The van der Waals surface area contributed by atoms with Crippen molar-refractivity contribution in [1.29, 1.82) is 0 Å². The van der Waals surface area contributed by atoms with Crippen LogP contribution >= 0.6 is 0 Å². The number of likely N-dealkylation sites (tertiary alicyclic amines) is 1. The number of nitrogens with zero attached hydrogens (tertiary/aromatic N) is 1. The second-order valence-corrected chi connectivity index (χ2v) is 5.43. The van der Waals surface area contributed by atoms with E-state index in [-0.39, 0.29) is 19.2 Å². The summed E-state index contributed by atoms with van der Waals surface area (Å²) in [5, 5.41) is 10.0. The van der Waals surface area contributed by atoms with Crippen LogP contribution in [0.15, 0.2) is 0 Å². The Balaban J connectivity index is 2.57. The van der Waals surface area contributed by atoms with Crippen molar-refractivity contribution in [2.75, 3.05) is 19.6 Å². The second-order valence-electron chi connectivity index (χ2n) is 5.43. The summed E-state index contributed by atoms with van der Waals surface area (Å²) in [5.41, 5.74) is 4.04. The Kier molecular flexibility index (Phi) is 3.80. The van der Waals surface area contributed by atoms with Crippen molar-refractivity contribution < 1.29 is 14.6 Å². The number of amides is 1. The molecule has 1 atom stereocenters. The first kappa shape index (κ1) is 13.3. The fourth-order valence-corrected chi connectivity index (χ4v) is 1.76. The molecule has 0 aliphatic carbocycles. The fourth-order valence-electron chi connectivity index (χ4n) is 1.76. The van der Waals surface area contributed by atoms with E-state index in [1.54, 1.807) is 0 Å². The average Bonchev–Trinajstić information content (AvgIpc) is 2.15. The van der Waals surface area contributed by atoms with Crippen molar-refractivity contribution >= 4 is 6.09 Å². The van der Waals surface area contributed by atoms with E-state index in [4.69, 9.17) is 10.5 Å². The van der Waals surface area contributed by atoms with Gasteiger partial charge in [-0.15, -0.1) is 0 Å². The molecule has 1 heterocycles. The number of carbonyl (C=O) groups excluding carboxylic acids is 1. The Hall–Kier alpha value is -0.810. The van der Waals surface area contributed by atoms with Crippen LogP contribution in [0.2, 0.25) is 0 Å². The quantitative estimate of drug-likeness (QED) is 0.695. The highest BCUT2D eigenvalue weighted by Crippen LogP contribution is 2.21. The molecule has 5 nitrogen and oxygen atoms in total. The molecule has 1 aliphatic heterocycles. The number of piperidine rings is 1. The molecule has 16 heavy (non-hydrogen) atoms. The third-order valence-corrected chi connectivity index (χ3v) is 2.59. The van der Waals surface area contributed by atoms with Crippen molar-refractivity contribution in [1.82, 2.24) is 4.90 Å². The number of hydrogen-bond donors (Lipinski definition) is 2. The SMILES string of the molecule is CC(C)(C)OC(=O)N1CCC[C@](O)(CN)C1. The number of hydrogen-bond acceptors (Lipinski definition) is 4. The average molecular weight is 230 g/mol. The number of nitrogens with two attached hydrogens (primary N) is 1. The maximum atomic E-state index is 11.8. The van der Waals surface area contributed by atoms with Gasteiger partial charge in [0.15, 0.2) is 0 Å². The number of rotatable bonds is 1. The van der Waals surface area contributed by atoms with Gasteiger partial charge in [-0.3, -0.25) is 0 Å². The lowest BCUT2D eigenvalue weighted by Crippen LogP contribution is -2.54.